The van der Waals surface area contributed by atoms with Gasteiger partial charge in [-0.15, -0.1) is 0 Å². The standard InChI is InChI=1S/C17H18ClF2N/c1-3-7-21-17(12-8-13(19)10-14(20)9-12)15-6-4-5-11(2)16(15)18/h4-6,8-10,17,21H,3,7H2,1-2H3. The third-order valence-electron chi connectivity index (χ3n) is 3.35. The number of halogens is 3. The zero-order chi connectivity index (χ0) is 15.4. The lowest BCUT2D eigenvalue weighted by atomic mass is 9.96. The fraction of sp³-hybridized carbons (Fsp3) is 0.294. The predicted molar refractivity (Wildman–Crippen MR) is 82.7 cm³/mol. The van der Waals surface area contributed by atoms with Crippen molar-refractivity contribution in [2.45, 2.75) is 26.3 Å². The molecule has 1 unspecified atom stereocenters. The highest BCUT2D eigenvalue weighted by Crippen LogP contribution is 2.31. The smallest absolute Gasteiger partial charge is 0.126 e. The van der Waals surface area contributed by atoms with Crippen molar-refractivity contribution < 1.29 is 8.78 Å². The van der Waals surface area contributed by atoms with Crippen LogP contribution in [0.2, 0.25) is 5.02 Å². The number of hydrogen-bond acceptors (Lipinski definition) is 1. The van der Waals surface area contributed by atoms with E-state index in [-0.39, 0.29) is 6.04 Å². The third-order valence-corrected chi connectivity index (χ3v) is 3.87. The fourth-order valence-corrected chi connectivity index (χ4v) is 2.57. The average molecular weight is 310 g/mol. The Kier molecular flexibility index (Phi) is 5.32. The highest BCUT2D eigenvalue weighted by Gasteiger charge is 2.18. The Hall–Kier alpha value is -1.45. The van der Waals surface area contributed by atoms with Gasteiger partial charge in [-0.1, -0.05) is 36.7 Å². The quantitative estimate of drug-likeness (QED) is 0.818. The summed E-state index contributed by atoms with van der Waals surface area (Å²) in [5.74, 6) is -1.17. The SMILES string of the molecule is CCCNC(c1cc(F)cc(F)c1)c1cccc(C)c1Cl. The minimum Gasteiger partial charge on any atom is -0.306 e. The summed E-state index contributed by atoms with van der Waals surface area (Å²) in [6.07, 6.45) is 0.914. The normalized spacial score (nSPS) is 12.4. The molecule has 4 heteroatoms. The van der Waals surface area contributed by atoms with Crippen LogP contribution in [0.15, 0.2) is 36.4 Å². The molecule has 0 heterocycles. The van der Waals surface area contributed by atoms with E-state index in [1.54, 1.807) is 0 Å². The van der Waals surface area contributed by atoms with E-state index in [1.807, 2.05) is 32.0 Å². The number of rotatable bonds is 5. The van der Waals surface area contributed by atoms with E-state index in [4.69, 9.17) is 11.6 Å². The first kappa shape index (κ1) is 15.9. The first-order chi connectivity index (χ1) is 10.0. The lowest BCUT2D eigenvalue weighted by Crippen LogP contribution is -2.24. The van der Waals surface area contributed by atoms with Crippen molar-refractivity contribution in [2.75, 3.05) is 6.54 Å². The molecular formula is C17H18ClF2N. The van der Waals surface area contributed by atoms with E-state index in [0.717, 1.165) is 30.2 Å². The number of aryl methyl sites for hydroxylation is 1. The number of benzene rings is 2. The Balaban J connectivity index is 2.49. The van der Waals surface area contributed by atoms with Crippen molar-refractivity contribution in [3.63, 3.8) is 0 Å². The Morgan fingerprint density at radius 3 is 2.43 bits per heavy atom. The highest BCUT2D eigenvalue weighted by atomic mass is 35.5. The fourth-order valence-electron chi connectivity index (χ4n) is 2.33. The molecule has 0 aliphatic rings. The molecule has 0 fully saturated rings. The summed E-state index contributed by atoms with van der Waals surface area (Å²) in [7, 11) is 0. The molecule has 112 valence electrons. The molecule has 1 nitrogen and oxygen atoms in total. The van der Waals surface area contributed by atoms with Crippen LogP contribution in [-0.4, -0.2) is 6.54 Å². The molecule has 21 heavy (non-hydrogen) atoms. The predicted octanol–water partition coefficient (Wildman–Crippen LogP) is 5.02. The lowest BCUT2D eigenvalue weighted by molar-refractivity contribution is 0.558. The van der Waals surface area contributed by atoms with Gasteiger partial charge < -0.3 is 5.32 Å². The van der Waals surface area contributed by atoms with Crippen LogP contribution >= 0.6 is 11.6 Å². The van der Waals surface area contributed by atoms with E-state index in [1.165, 1.54) is 12.1 Å². The molecule has 2 aromatic rings. The summed E-state index contributed by atoms with van der Waals surface area (Å²) in [5, 5.41) is 3.93. The minimum absolute atomic E-state index is 0.331. The van der Waals surface area contributed by atoms with Gasteiger partial charge in [-0.05, 0) is 48.7 Å². The van der Waals surface area contributed by atoms with Crippen molar-refractivity contribution in [3.8, 4) is 0 Å². The van der Waals surface area contributed by atoms with E-state index < -0.39 is 11.6 Å². The molecule has 2 rings (SSSR count). The van der Waals surface area contributed by atoms with Crippen molar-refractivity contribution >= 4 is 11.6 Å². The van der Waals surface area contributed by atoms with Crippen molar-refractivity contribution in [2.24, 2.45) is 0 Å². The van der Waals surface area contributed by atoms with Crippen LogP contribution in [0.4, 0.5) is 8.78 Å². The van der Waals surface area contributed by atoms with Gasteiger partial charge >= 0.3 is 0 Å². The van der Waals surface area contributed by atoms with Gasteiger partial charge in [0, 0.05) is 11.1 Å². The maximum absolute atomic E-state index is 13.5. The first-order valence-electron chi connectivity index (χ1n) is 6.97. The second kappa shape index (κ2) is 7.01. The molecule has 1 atom stereocenters. The summed E-state index contributed by atoms with van der Waals surface area (Å²) < 4.78 is 27.0. The van der Waals surface area contributed by atoms with Crippen LogP contribution in [0.1, 0.15) is 36.1 Å². The summed E-state index contributed by atoms with van der Waals surface area (Å²) in [4.78, 5) is 0. The Bertz CT molecular complexity index is 608. The maximum atomic E-state index is 13.5. The molecule has 0 spiro atoms. The molecule has 0 radical (unpaired) electrons. The van der Waals surface area contributed by atoms with Gasteiger partial charge in [0.1, 0.15) is 11.6 Å². The van der Waals surface area contributed by atoms with Crippen LogP contribution in [0.25, 0.3) is 0 Å². The van der Waals surface area contributed by atoms with Gasteiger partial charge in [-0.2, -0.15) is 0 Å². The number of hydrogen-bond donors (Lipinski definition) is 1. The summed E-state index contributed by atoms with van der Waals surface area (Å²) in [6.45, 7) is 4.68. The molecule has 0 aliphatic carbocycles. The van der Waals surface area contributed by atoms with Crippen LogP contribution in [0.5, 0.6) is 0 Å². The van der Waals surface area contributed by atoms with E-state index in [9.17, 15) is 8.78 Å². The zero-order valence-electron chi connectivity index (χ0n) is 12.1. The molecule has 2 aromatic carbocycles. The second-order valence-electron chi connectivity index (χ2n) is 5.07. The molecule has 0 saturated heterocycles. The van der Waals surface area contributed by atoms with Gasteiger partial charge in [0.2, 0.25) is 0 Å². The lowest BCUT2D eigenvalue weighted by Gasteiger charge is -2.21. The Morgan fingerprint density at radius 1 is 1.14 bits per heavy atom. The summed E-state index contributed by atoms with van der Waals surface area (Å²) >= 11 is 6.37. The highest BCUT2D eigenvalue weighted by molar-refractivity contribution is 6.32. The first-order valence-corrected chi connectivity index (χ1v) is 7.35. The average Bonchev–Trinajstić information content (AvgIpc) is 2.42. The van der Waals surface area contributed by atoms with Gasteiger partial charge in [0.05, 0.1) is 6.04 Å². The minimum atomic E-state index is -0.586. The molecule has 1 N–H and O–H groups in total. The van der Waals surface area contributed by atoms with E-state index in [0.29, 0.717) is 10.6 Å². The van der Waals surface area contributed by atoms with Gasteiger partial charge in [-0.25, -0.2) is 8.78 Å². The molecule has 0 amide bonds. The Labute approximate surface area is 128 Å². The maximum Gasteiger partial charge on any atom is 0.126 e. The van der Waals surface area contributed by atoms with Gasteiger partial charge in [0.15, 0.2) is 0 Å². The van der Waals surface area contributed by atoms with Crippen LogP contribution in [-0.2, 0) is 0 Å². The van der Waals surface area contributed by atoms with Crippen LogP contribution in [0.3, 0.4) is 0 Å². The molecule has 0 aliphatic heterocycles. The Morgan fingerprint density at radius 2 is 1.81 bits per heavy atom. The molecule has 0 aromatic heterocycles. The molecular weight excluding hydrogens is 292 g/mol. The van der Waals surface area contributed by atoms with Crippen LogP contribution in [0, 0.1) is 18.6 Å². The second-order valence-corrected chi connectivity index (χ2v) is 5.45. The summed E-state index contributed by atoms with van der Waals surface area (Å²) in [5.41, 5.74) is 2.30. The van der Waals surface area contributed by atoms with Crippen molar-refractivity contribution in [3.05, 3.63) is 69.7 Å². The zero-order valence-corrected chi connectivity index (χ0v) is 12.8. The largest absolute Gasteiger partial charge is 0.306 e. The van der Waals surface area contributed by atoms with E-state index in [2.05, 4.69) is 5.32 Å². The van der Waals surface area contributed by atoms with Gasteiger partial charge in [0.25, 0.3) is 0 Å². The third kappa shape index (κ3) is 3.80. The van der Waals surface area contributed by atoms with Crippen LogP contribution < -0.4 is 5.32 Å². The van der Waals surface area contributed by atoms with Crippen molar-refractivity contribution in [1.29, 1.82) is 0 Å². The van der Waals surface area contributed by atoms with Crippen molar-refractivity contribution in [1.82, 2.24) is 5.32 Å². The van der Waals surface area contributed by atoms with Gasteiger partial charge in [-0.3, -0.25) is 0 Å². The molecule has 0 saturated carbocycles. The monoisotopic (exact) mass is 309 g/mol. The number of nitrogens with one attached hydrogen (secondary N) is 1. The summed E-state index contributed by atoms with van der Waals surface area (Å²) in [6, 6.07) is 8.91. The van der Waals surface area contributed by atoms with E-state index >= 15 is 0 Å². The molecule has 0 bridgehead atoms. The topological polar surface area (TPSA) is 12.0 Å².